The van der Waals surface area contributed by atoms with Gasteiger partial charge in [0.15, 0.2) is 0 Å². The first-order chi connectivity index (χ1) is 14.7. The molecule has 0 bridgehead atoms. The Balaban J connectivity index is 1.37. The molecular formula is C23H21FN4OS. The number of nitrogens with zero attached hydrogens (tertiary/aromatic N) is 3. The van der Waals surface area contributed by atoms with Crippen molar-refractivity contribution in [1.82, 2.24) is 19.9 Å². The van der Waals surface area contributed by atoms with E-state index in [4.69, 9.17) is 0 Å². The van der Waals surface area contributed by atoms with Gasteiger partial charge in [-0.2, -0.15) is 0 Å². The van der Waals surface area contributed by atoms with Crippen molar-refractivity contribution >= 4 is 21.6 Å². The first kappa shape index (κ1) is 19.1. The van der Waals surface area contributed by atoms with Gasteiger partial charge in [-0.25, -0.2) is 9.37 Å². The predicted molar refractivity (Wildman–Crippen MR) is 116 cm³/mol. The Kier molecular flexibility index (Phi) is 5.14. The second kappa shape index (κ2) is 8.08. The minimum Gasteiger partial charge on any atom is -0.309 e. The molecule has 3 aromatic heterocycles. The van der Waals surface area contributed by atoms with E-state index in [2.05, 4.69) is 21.4 Å². The number of halogens is 1. The van der Waals surface area contributed by atoms with Gasteiger partial charge in [0.2, 0.25) is 0 Å². The molecule has 5 nitrogen and oxygen atoms in total. The number of fused-ring (bicyclic) bond motifs is 3. The fourth-order valence-corrected chi connectivity index (χ4v) is 5.30. The Hall–Kier alpha value is -2.90. The number of hydrogen-bond acceptors (Lipinski definition) is 5. The molecular weight excluding hydrogens is 399 g/mol. The molecule has 1 N–H and O–H groups in total. The monoisotopic (exact) mass is 420 g/mol. The van der Waals surface area contributed by atoms with Crippen LogP contribution in [0.25, 0.3) is 10.2 Å². The van der Waals surface area contributed by atoms with Crippen molar-refractivity contribution in [2.45, 2.75) is 38.4 Å². The van der Waals surface area contributed by atoms with Gasteiger partial charge in [0.25, 0.3) is 5.56 Å². The van der Waals surface area contributed by atoms with Crippen LogP contribution >= 0.6 is 11.3 Å². The summed E-state index contributed by atoms with van der Waals surface area (Å²) in [5, 5.41) is 4.37. The zero-order chi connectivity index (χ0) is 20.5. The second-order valence-electron chi connectivity index (χ2n) is 7.67. The summed E-state index contributed by atoms with van der Waals surface area (Å²) in [4.78, 5) is 23.9. The van der Waals surface area contributed by atoms with Crippen molar-refractivity contribution in [3.8, 4) is 0 Å². The van der Waals surface area contributed by atoms with E-state index in [0.717, 1.165) is 47.2 Å². The smallest absolute Gasteiger partial charge is 0.262 e. The van der Waals surface area contributed by atoms with Gasteiger partial charge in [0.05, 0.1) is 18.3 Å². The summed E-state index contributed by atoms with van der Waals surface area (Å²) >= 11 is 1.63. The minimum absolute atomic E-state index is 0.0106. The van der Waals surface area contributed by atoms with Crippen LogP contribution in [0.4, 0.5) is 4.39 Å². The Morgan fingerprint density at radius 1 is 1.20 bits per heavy atom. The molecule has 1 unspecified atom stereocenters. The molecule has 1 aliphatic carbocycles. The van der Waals surface area contributed by atoms with Crippen LogP contribution in [0.5, 0.6) is 0 Å². The molecule has 5 rings (SSSR count). The van der Waals surface area contributed by atoms with Crippen LogP contribution in [-0.2, 0) is 25.9 Å². The third-order valence-electron chi connectivity index (χ3n) is 5.62. The van der Waals surface area contributed by atoms with E-state index < -0.39 is 0 Å². The molecule has 0 aliphatic heterocycles. The molecule has 0 saturated heterocycles. The SMILES string of the molecule is O=c1c2c3c(sc2ncn1Cc1ccc(F)cc1)CC(NCc1cccnc1)CC3. The van der Waals surface area contributed by atoms with E-state index in [1.807, 2.05) is 12.3 Å². The molecule has 7 heteroatoms. The average molecular weight is 421 g/mol. The van der Waals surface area contributed by atoms with Gasteiger partial charge >= 0.3 is 0 Å². The summed E-state index contributed by atoms with van der Waals surface area (Å²) < 4.78 is 14.8. The van der Waals surface area contributed by atoms with Crippen LogP contribution in [0.3, 0.4) is 0 Å². The van der Waals surface area contributed by atoms with Gasteiger partial charge in [0, 0.05) is 29.9 Å². The largest absolute Gasteiger partial charge is 0.309 e. The van der Waals surface area contributed by atoms with Crippen molar-refractivity contribution < 1.29 is 4.39 Å². The Bertz CT molecular complexity index is 1230. The summed E-state index contributed by atoms with van der Waals surface area (Å²) in [5.41, 5.74) is 3.19. The van der Waals surface area contributed by atoms with Crippen LogP contribution in [-0.4, -0.2) is 20.6 Å². The maximum atomic E-state index is 13.2. The van der Waals surface area contributed by atoms with Crippen molar-refractivity contribution in [3.05, 3.63) is 92.9 Å². The van der Waals surface area contributed by atoms with Gasteiger partial charge < -0.3 is 5.32 Å². The highest BCUT2D eigenvalue weighted by Gasteiger charge is 2.25. The van der Waals surface area contributed by atoms with Crippen molar-refractivity contribution in [1.29, 1.82) is 0 Å². The lowest BCUT2D eigenvalue weighted by molar-refractivity contribution is 0.462. The van der Waals surface area contributed by atoms with Gasteiger partial charge in [0.1, 0.15) is 10.6 Å². The highest BCUT2D eigenvalue weighted by atomic mass is 32.1. The number of aromatic nitrogens is 3. The summed E-state index contributed by atoms with van der Waals surface area (Å²) in [6.45, 7) is 1.18. The Morgan fingerprint density at radius 2 is 2.07 bits per heavy atom. The number of thiophene rings is 1. The van der Waals surface area contributed by atoms with Crippen LogP contribution in [0.15, 0.2) is 59.9 Å². The summed E-state index contributed by atoms with van der Waals surface area (Å²) in [6.07, 6.45) is 8.04. The molecule has 0 saturated carbocycles. The summed E-state index contributed by atoms with van der Waals surface area (Å²) in [6, 6.07) is 10.6. The normalized spacial score (nSPS) is 16.0. The maximum absolute atomic E-state index is 13.2. The number of pyridine rings is 1. The zero-order valence-corrected chi connectivity index (χ0v) is 17.2. The molecule has 1 aromatic carbocycles. The number of benzene rings is 1. The van der Waals surface area contributed by atoms with Gasteiger partial charge in [-0.3, -0.25) is 14.3 Å². The molecule has 1 aliphatic rings. The average Bonchev–Trinajstić information content (AvgIpc) is 3.15. The van der Waals surface area contributed by atoms with E-state index in [-0.39, 0.29) is 11.4 Å². The number of rotatable bonds is 5. The molecule has 3 heterocycles. The molecule has 4 aromatic rings. The first-order valence-electron chi connectivity index (χ1n) is 10.0. The van der Waals surface area contributed by atoms with E-state index in [0.29, 0.717) is 12.6 Å². The van der Waals surface area contributed by atoms with Gasteiger partial charge in [-0.15, -0.1) is 11.3 Å². The molecule has 0 fully saturated rings. The molecule has 0 amide bonds. The van der Waals surface area contributed by atoms with E-state index >= 15 is 0 Å². The standard InChI is InChI=1S/C23H21FN4OS/c24-17-5-3-15(4-6-17)13-28-14-27-22-21(23(28)29)19-8-7-18(10-20(19)30-22)26-12-16-2-1-9-25-11-16/h1-6,9,11,14,18,26H,7-8,10,12-13H2. The lowest BCUT2D eigenvalue weighted by Gasteiger charge is -2.23. The molecule has 1 atom stereocenters. The molecule has 0 spiro atoms. The topological polar surface area (TPSA) is 59.8 Å². The number of nitrogens with one attached hydrogen (secondary N) is 1. The Morgan fingerprint density at radius 3 is 2.87 bits per heavy atom. The van der Waals surface area contributed by atoms with Crippen LogP contribution in [0.1, 0.15) is 28.0 Å². The maximum Gasteiger partial charge on any atom is 0.262 e. The fraction of sp³-hybridized carbons (Fsp3) is 0.261. The number of aryl methyl sites for hydroxylation is 1. The molecule has 30 heavy (non-hydrogen) atoms. The Labute approximate surface area is 177 Å². The summed E-state index contributed by atoms with van der Waals surface area (Å²) in [7, 11) is 0. The van der Waals surface area contributed by atoms with E-state index in [9.17, 15) is 9.18 Å². The highest BCUT2D eigenvalue weighted by Crippen LogP contribution is 2.33. The zero-order valence-electron chi connectivity index (χ0n) is 16.3. The third kappa shape index (κ3) is 3.78. The third-order valence-corrected chi connectivity index (χ3v) is 6.78. The van der Waals surface area contributed by atoms with Crippen molar-refractivity contribution in [3.63, 3.8) is 0 Å². The van der Waals surface area contributed by atoms with Gasteiger partial charge in [-0.05, 0) is 54.2 Å². The van der Waals surface area contributed by atoms with E-state index in [1.165, 1.54) is 22.6 Å². The number of hydrogen-bond donors (Lipinski definition) is 1. The lowest BCUT2D eigenvalue weighted by Crippen LogP contribution is -2.33. The van der Waals surface area contributed by atoms with Crippen molar-refractivity contribution in [2.24, 2.45) is 0 Å². The minimum atomic E-state index is -0.279. The summed E-state index contributed by atoms with van der Waals surface area (Å²) in [5.74, 6) is -0.279. The predicted octanol–water partition coefficient (Wildman–Crippen LogP) is 3.69. The quantitative estimate of drug-likeness (QED) is 0.535. The second-order valence-corrected chi connectivity index (χ2v) is 8.75. The fourth-order valence-electron chi connectivity index (χ4n) is 4.04. The van der Waals surface area contributed by atoms with Gasteiger partial charge in [-0.1, -0.05) is 18.2 Å². The molecule has 152 valence electrons. The highest BCUT2D eigenvalue weighted by molar-refractivity contribution is 7.18. The van der Waals surface area contributed by atoms with Crippen LogP contribution < -0.4 is 10.9 Å². The lowest BCUT2D eigenvalue weighted by atomic mass is 9.93. The molecule has 0 radical (unpaired) electrons. The van der Waals surface area contributed by atoms with E-state index in [1.54, 1.807) is 40.6 Å². The van der Waals surface area contributed by atoms with Crippen LogP contribution in [0, 0.1) is 5.82 Å². The first-order valence-corrected chi connectivity index (χ1v) is 10.9. The van der Waals surface area contributed by atoms with Crippen LogP contribution in [0.2, 0.25) is 0 Å². The van der Waals surface area contributed by atoms with Crippen molar-refractivity contribution in [2.75, 3.05) is 0 Å².